The van der Waals surface area contributed by atoms with Crippen LogP contribution in [0.1, 0.15) is 47.5 Å². The van der Waals surface area contributed by atoms with E-state index in [0.717, 1.165) is 52.1 Å². The van der Waals surface area contributed by atoms with E-state index in [4.69, 9.17) is 0 Å². The summed E-state index contributed by atoms with van der Waals surface area (Å²) in [6.07, 6.45) is 1.94. The minimum atomic E-state index is -0.214. The van der Waals surface area contributed by atoms with E-state index in [0.29, 0.717) is 12.0 Å². The van der Waals surface area contributed by atoms with Crippen molar-refractivity contribution < 1.29 is 4.79 Å². The molecule has 0 atom stereocenters. The van der Waals surface area contributed by atoms with Crippen molar-refractivity contribution in [1.82, 2.24) is 20.0 Å². The Bertz CT molecular complexity index is 441. The van der Waals surface area contributed by atoms with Crippen molar-refractivity contribution >= 4 is 5.91 Å². The zero-order valence-corrected chi connectivity index (χ0v) is 17.6. The van der Waals surface area contributed by atoms with Gasteiger partial charge in [0.05, 0.1) is 5.41 Å². The summed E-state index contributed by atoms with van der Waals surface area (Å²) in [7, 11) is 4.30. The Kier molecular flexibility index (Phi) is 6.55. The van der Waals surface area contributed by atoms with Gasteiger partial charge in [0, 0.05) is 37.8 Å². The number of nitrogens with zero attached hydrogens (tertiary/aromatic N) is 3. The quantitative estimate of drug-likeness (QED) is 0.792. The number of likely N-dealkylation sites (tertiary alicyclic amines) is 2. The lowest BCUT2D eigenvalue weighted by molar-refractivity contribution is -0.138. The third kappa shape index (κ3) is 5.18. The number of rotatable bonds is 6. The fourth-order valence-electron chi connectivity index (χ4n) is 3.97. The molecule has 5 nitrogen and oxygen atoms in total. The molecule has 2 saturated heterocycles. The van der Waals surface area contributed by atoms with E-state index in [1.165, 1.54) is 0 Å². The van der Waals surface area contributed by atoms with E-state index in [-0.39, 0.29) is 16.9 Å². The van der Waals surface area contributed by atoms with E-state index < -0.39 is 0 Å². The second-order valence-corrected chi connectivity index (χ2v) is 9.85. The van der Waals surface area contributed by atoms with Gasteiger partial charge in [-0.05, 0) is 66.7 Å². The van der Waals surface area contributed by atoms with Crippen molar-refractivity contribution in [2.75, 3.05) is 53.4 Å². The number of likely N-dealkylation sites (N-methyl/N-ethyl adjacent to an activating group) is 1. The lowest BCUT2D eigenvalue weighted by Gasteiger charge is -2.50. The zero-order valence-electron chi connectivity index (χ0n) is 17.6. The average molecular weight is 353 g/mol. The van der Waals surface area contributed by atoms with E-state index in [2.05, 4.69) is 68.7 Å². The number of amides is 1. The summed E-state index contributed by atoms with van der Waals surface area (Å²) in [4.78, 5) is 20.4. The number of piperidine rings is 1. The van der Waals surface area contributed by atoms with Crippen molar-refractivity contribution in [2.24, 2.45) is 11.3 Å². The largest absolute Gasteiger partial charge is 0.355 e. The molecule has 0 aromatic heterocycles. The van der Waals surface area contributed by atoms with Gasteiger partial charge in [0.25, 0.3) is 0 Å². The third-order valence-electron chi connectivity index (χ3n) is 6.02. The number of carbonyl (C=O) groups excluding carboxylic acids is 1. The maximum Gasteiger partial charge on any atom is 0.227 e. The Morgan fingerprint density at radius 1 is 1.20 bits per heavy atom. The molecule has 0 saturated carbocycles. The Morgan fingerprint density at radius 3 is 2.20 bits per heavy atom. The van der Waals surface area contributed by atoms with Gasteiger partial charge in [0.15, 0.2) is 0 Å². The van der Waals surface area contributed by atoms with Gasteiger partial charge < -0.3 is 10.2 Å². The minimum Gasteiger partial charge on any atom is -0.355 e. The highest BCUT2D eigenvalue weighted by atomic mass is 16.2. The minimum absolute atomic E-state index is 0.188. The molecule has 0 aromatic carbocycles. The summed E-state index contributed by atoms with van der Waals surface area (Å²) in [6, 6.07) is 0.644. The lowest BCUT2D eigenvalue weighted by atomic mass is 9.75. The summed E-state index contributed by atoms with van der Waals surface area (Å²) in [6.45, 7) is 17.1. The molecule has 0 spiro atoms. The number of nitrogens with one attached hydrogen (secondary N) is 1. The molecular weight excluding hydrogens is 312 g/mol. The summed E-state index contributed by atoms with van der Waals surface area (Å²) in [5.41, 5.74) is -0.0265. The first-order chi connectivity index (χ1) is 11.5. The molecule has 0 radical (unpaired) electrons. The average Bonchev–Trinajstić information content (AvgIpc) is 2.47. The lowest BCUT2D eigenvalue weighted by Crippen LogP contribution is -2.63. The molecule has 2 fully saturated rings. The molecule has 5 heteroatoms. The smallest absolute Gasteiger partial charge is 0.227 e. The van der Waals surface area contributed by atoms with Crippen LogP contribution in [0.4, 0.5) is 0 Å². The van der Waals surface area contributed by atoms with E-state index >= 15 is 0 Å². The number of hydrogen-bond donors (Lipinski definition) is 1. The first kappa shape index (κ1) is 20.7. The highest BCUT2D eigenvalue weighted by molar-refractivity contribution is 5.83. The van der Waals surface area contributed by atoms with Gasteiger partial charge in [-0.15, -0.1) is 0 Å². The molecule has 1 N–H and O–H groups in total. The van der Waals surface area contributed by atoms with Crippen LogP contribution in [-0.4, -0.2) is 85.6 Å². The normalized spacial score (nSPS) is 23.1. The third-order valence-corrected chi connectivity index (χ3v) is 6.02. The van der Waals surface area contributed by atoms with Crippen molar-refractivity contribution in [3.05, 3.63) is 0 Å². The summed E-state index contributed by atoms with van der Waals surface area (Å²) in [5.74, 6) is 0.779. The van der Waals surface area contributed by atoms with Crippen LogP contribution < -0.4 is 5.32 Å². The van der Waals surface area contributed by atoms with Crippen LogP contribution in [0.15, 0.2) is 0 Å². The molecule has 1 amide bonds. The van der Waals surface area contributed by atoms with Gasteiger partial charge >= 0.3 is 0 Å². The second kappa shape index (κ2) is 7.93. The molecule has 2 rings (SSSR count). The molecule has 0 unspecified atom stereocenters. The molecule has 2 heterocycles. The molecule has 2 aliphatic heterocycles. The molecule has 25 heavy (non-hydrogen) atoms. The van der Waals surface area contributed by atoms with Crippen LogP contribution in [0.5, 0.6) is 0 Å². The summed E-state index contributed by atoms with van der Waals surface area (Å²) in [5, 5.41) is 3.24. The van der Waals surface area contributed by atoms with Crippen molar-refractivity contribution in [3.63, 3.8) is 0 Å². The Hall–Kier alpha value is -0.650. The van der Waals surface area contributed by atoms with Crippen LogP contribution >= 0.6 is 0 Å². The van der Waals surface area contributed by atoms with Gasteiger partial charge in [-0.1, -0.05) is 13.8 Å². The van der Waals surface area contributed by atoms with E-state index in [1.807, 2.05) is 0 Å². The predicted octanol–water partition coefficient (Wildman–Crippen LogP) is 1.89. The van der Waals surface area contributed by atoms with Crippen LogP contribution in [0.2, 0.25) is 0 Å². The highest BCUT2D eigenvalue weighted by Gasteiger charge is 2.46. The predicted molar refractivity (Wildman–Crippen MR) is 105 cm³/mol. The van der Waals surface area contributed by atoms with Crippen molar-refractivity contribution in [2.45, 2.75) is 59.0 Å². The highest BCUT2D eigenvalue weighted by Crippen LogP contribution is 2.36. The number of carbonyl (C=O) groups is 1. The number of hydrogen-bond acceptors (Lipinski definition) is 4. The Balaban J connectivity index is 2.01. The molecule has 2 aliphatic rings. The van der Waals surface area contributed by atoms with Gasteiger partial charge in [0.1, 0.15) is 0 Å². The molecule has 0 aliphatic carbocycles. The molecular formula is C20H40N4O. The van der Waals surface area contributed by atoms with Crippen molar-refractivity contribution in [1.29, 1.82) is 0 Å². The first-order valence-electron chi connectivity index (χ1n) is 9.96. The fraction of sp³-hybridized carbons (Fsp3) is 0.950. The van der Waals surface area contributed by atoms with Crippen molar-refractivity contribution in [3.8, 4) is 0 Å². The SMILES string of the molecule is CC(C)CNC(=O)C1(CN2CC(N(C)C)C2)CCN(C(C)(C)C)CC1. The summed E-state index contributed by atoms with van der Waals surface area (Å²) >= 11 is 0. The van der Waals surface area contributed by atoms with Crippen LogP contribution in [0.3, 0.4) is 0 Å². The van der Waals surface area contributed by atoms with Crippen LogP contribution in [-0.2, 0) is 4.79 Å². The van der Waals surface area contributed by atoms with Gasteiger partial charge in [-0.25, -0.2) is 0 Å². The van der Waals surface area contributed by atoms with E-state index in [1.54, 1.807) is 0 Å². The fourth-order valence-corrected chi connectivity index (χ4v) is 3.97. The first-order valence-corrected chi connectivity index (χ1v) is 9.96. The molecule has 0 bridgehead atoms. The van der Waals surface area contributed by atoms with Crippen LogP contribution in [0, 0.1) is 11.3 Å². The monoisotopic (exact) mass is 352 g/mol. The standard InChI is InChI=1S/C20H40N4O/c1-16(2)12-21-18(25)20(15-23-13-17(14-23)22(6)7)8-10-24(11-9-20)19(3,4)5/h16-17H,8-15H2,1-7H3,(H,21,25). The zero-order chi connectivity index (χ0) is 18.8. The second-order valence-electron chi connectivity index (χ2n) is 9.85. The van der Waals surface area contributed by atoms with Gasteiger partial charge in [0.2, 0.25) is 5.91 Å². The topological polar surface area (TPSA) is 38.8 Å². The molecule has 0 aromatic rings. The molecule has 146 valence electrons. The van der Waals surface area contributed by atoms with Crippen LogP contribution in [0.25, 0.3) is 0 Å². The van der Waals surface area contributed by atoms with E-state index in [9.17, 15) is 4.79 Å². The summed E-state index contributed by atoms with van der Waals surface area (Å²) < 4.78 is 0. The van der Waals surface area contributed by atoms with Gasteiger partial charge in [-0.3, -0.25) is 14.6 Å². The van der Waals surface area contributed by atoms with Gasteiger partial charge in [-0.2, -0.15) is 0 Å². The Morgan fingerprint density at radius 2 is 1.76 bits per heavy atom. The maximum absolute atomic E-state index is 13.1. The maximum atomic E-state index is 13.1. The Labute approximate surface area is 155 Å².